The molecule has 2 N–H and O–H groups in total. The second-order valence-electron chi connectivity index (χ2n) is 6.83. The van der Waals surface area contributed by atoms with E-state index in [-0.39, 0.29) is 0 Å². The molecule has 128 valence electrons. The molecule has 1 aromatic heterocycles. The largest absolute Gasteiger partial charge is 0.379 e. The zero-order valence-corrected chi connectivity index (χ0v) is 13.9. The second kappa shape index (κ2) is 6.63. The highest BCUT2D eigenvalue weighted by Gasteiger charge is 2.36. The highest BCUT2D eigenvalue weighted by Crippen LogP contribution is 2.35. The Bertz CT molecular complexity index is 688. The SMILES string of the molecule is NC1(c2noc(-c3ccccc3CN3CCOCC3)n2)CCCC1. The molecule has 1 aromatic carbocycles. The maximum Gasteiger partial charge on any atom is 0.258 e. The van der Waals surface area contributed by atoms with E-state index in [4.69, 9.17) is 15.0 Å². The van der Waals surface area contributed by atoms with Gasteiger partial charge in [-0.25, -0.2) is 0 Å². The van der Waals surface area contributed by atoms with Gasteiger partial charge in [0.05, 0.1) is 18.8 Å². The van der Waals surface area contributed by atoms with Gasteiger partial charge in [0.25, 0.3) is 5.89 Å². The summed E-state index contributed by atoms with van der Waals surface area (Å²) >= 11 is 0. The number of benzene rings is 1. The van der Waals surface area contributed by atoms with Gasteiger partial charge < -0.3 is 15.0 Å². The normalized spacial score (nSPS) is 21.2. The van der Waals surface area contributed by atoms with Crippen LogP contribution in [0.2, 0.25) is 0 Å². The molecular weight excluding hydrogens is 304 g/mol. The Hall–Kier alpha value is -1.76. The van der Waals surface area contributed by atoms with E-state index in [0.29, 0.717) is 11.7 Å². The van der Waals surface area contributed by atoms with Crippen LogP contribution in [0.4, 0.5) is 0 Å². The van der Waals surface area contributed by atoms with Gasteiger partial charge in [0.15, 0.2) is 5.82 Å². The Balaban J connectivity index is 1.59. The van der Waals surface area contributed by atoms with Crippen molar-refractivity contribution in [2.45, 2.75) is 37.8 Å². The summed E-state index contributed by atoms with van der Waals surface area (Å²) < 4.78 is 11.0. The summed E-state index contributed by atoms with van der Waals surface area (Å²) in [4.78, 5) is 7.03. The lowest BCUT2D eigenvalue weighted by atomic mass is 9.98. The lowest BCUT2D eigenvalue weighted by Crippen LogP contribution is -2.35. The molecule has 0 amide bonds. The first-order chi connectivity index (χ1) is 11.7. The third kappa shape index (κ3) is 3.09. The smallest absolute Gasteiger partial charge is 0.258 e. The van der Waals surface area contributed by atoms with Gasteiger partial charge in [-0.2, -0.15) is 4.98 Å². The molecule has 6 nitrogen and oxygen atoms in total. The van der Waals surface area contributed by atoms with Gasteiger partial charge in [-0.3, -0.25) is 4.90 Å². The molecule has 0 unspecified atom stereocenters. The van der Waals surface area contributed by atoms with Crippen molar-refractivity contribution in [3.8, 4) is 11.5 Å². The van der Waals surface area contributed by atoms with Crippen LogP contribution in [0.25, 0.3) is 11.5 Å². The van der Waals surface area contributed by atoms with Crippen molar-refractivity contribution in [2.24, 2.45) is 5.73 Å². The minimum absolute atomic E-state index is 0.416. The average molecular weight is 328 g/mol. The molecule has 24 heavy (non-hydrogen) atoms. The molecular formula is C18H24N4O2. The topological polar surface area (TPSA) is 77.4 Å². The van der Waals surface area contributed by atoms with Gasteiger partial charge in [-0.15, -0.1) is 0 Å². The van der Waals surface area contributed by atoms with Gasteiger partial charge in [-0.1, -0.05) is 36.2 Å². The first-order valence-corrected chi connectivity index (χ1v) is 8.76. The number of hydrogen-bond acceptors (Lipinski definition) is 6. The molecule has 4 rings (SSSR count). The van der Waals surface area contributed by atoms with Gasteiger partial charge in [0, 0.05) is 25.2 Å². The summed E-state index contributed by atoms with van der Waals surface area (Å²) in [6.45, 7) is 4.36. The number of aromatic nitrogens is 2. The first-order valence-electron chi connectivity index (χ1n) is 8.76. The van der Waals surface area contributed by atoms with Crippen LogP contribution in [0.1, 0.15) is 37.1 Å². The third-order valence-corrected chi connectivity index (χ3v) is 5.11. The molecule has 2 aliphatic rings. The zero-order chi connectivity index (χ0) is 16.4. The third-order valence-electron chi connectivity index (χ3n) is 5.11. The number of rotatable bonds is 4. The van der Waals surface area contributed by atoms with Crippen LogP contribution in [0.5, 0.6) is 0 Å². The molecule has 6 heteroatoms. The molecule has 0 atom stereocenters. The predicted molar refractivity (Wildman–Crippen MR) is 90.2 cm³/mol. The van der Waals surface area contributed by atoms with Gasteiger partial charge >= 0.3 is 0 Å². The zero-order valence-electron chi connectivity index (χ0n) is 13.9. The maximum absolute atomic E-state index is 6.45. The number of hydrogen-bond donors (Lipinski definition) is 1. The fourth-order valence-electron chi connectivity index (χ4n) is 3.63. The van der Waals surface area contributed by atoms with Gasteiger partial charge in [0.2, 0.25) is 0 Å². The Morgan fingerprint density at radius 1 is 1.12 bits per heavy atom. The highest BCUT2D eigenvalue weighted by atomic mass is 16.5. The quantitative estimate of drug-likeness (QED) is 0.928. The lowest BCUT2D eigenvalue weighted by molar-refractivity contribution is 0.0342. The number of ether oxygens (including phenoxy) is 1. The second-order valence-corrected chi connectivity index (χ2v) is 6.83. The Morgan fingerprint density at radius 2 is 1.88 bits per heavy atom. The molecule has 1 saturated heterocycles. The van der Waals surface area contributed by atoms with E-state index in [1.165, 1.54) is 5.56 Å². The van der Waals surface area contributed by atoms with E-state index < -0.39 is 5.54 Å². The summed E-state index contributed by atoms with van der Waals surface area (Å²) in [5, 5.41) is 4.19. The lowest BCUT2D eigenvalue weighted by Gasteiger charge is -2.27. The fourth-order valence-corrected chi connectivity index (χ4v) is 3.63. The summed E-state index contributed by atoms with van der Waals surface area (Å²) in [5.41, 5.74) is 8.24. The van der Waals surface area contributed by atoms with Crippen LogP contribution in [0.15, 0.2) is 28.8 Å². The summed E-state index contributed by atoms with van der Waals surface area (Å²) in [7, 11) is 0. The van der Waals surface area contributed by atoms with Crippen LogP contribution in [0.3, 0.4) is 0 Å². The van der Waals surface area contributed by atoms with Crippen molar-refractivity contribution in [1.29, 1.82) is 0 Å². The summed E-state index contributed by atoms with van der Waals surface area (Å²) in [6.07, 6.45) is 4.13. The monoisotopic (exact) mass is 328 g/mol. The standard InChI is InChI=1S/C18H24N4O2/c19-18(7-3-4-8-18)17-20-16(24-21-17)15-6-2-1-5-14(15)13-22-9-11-23-12-10-22/h1-2,5-6H,3-4,7-13,19H2. The number of nitrogens with two attached hydrogens (primary N) is 1. The van der Waals surface area contributed by atoms with E-state index in [2.05, 4.69) is 27.2 Å². The van der Waals surface area contributed by atoms with Crippen LogP contribution in [0, 0.1) is 0 Å². The van der Waals surface area contributed by atoms with Crippen molar-refractivity contribution in [1.82, 2.24) is 15.0 Å². The van der Waals surface area contributed by atoms with Crippen LogP contribution in [-0.4, -0.2) is 41.3 Å². The van der Waals surface area contributed by atoms with Crippen molar-refractivity contribution >= 4 is 0 Å². The first kappa shape index (κ1) is 15.7. The minimum atomic E-state index is -0.416. The van der Waals surface area contributed by atoms with E-state index in [9.17, 15) is 0 Å². The molecule has 1 saturated carbocycles. The Labute approximate surface area is 142 Å². The van der Waals surface area contributed by atoms with Crippen LogP contribution < -0.4 is 5.73 Å². The Kier molecular flexibility index (Phi) is 4.35. The predicted octanol–water partition coefficient (Wildman–Crippen LogP) is 2.30. The van der Waals surface area contributed by atoms with Crippen molar-refractivity contribution in [3.05, 3.63) is 35.7 Å². The van der Waals surface area contributed by atoms with Crippen LogP contribution in [-0.2, 0) is 16.8 Å². The molecule has 0 radical (unpaired) electrons. The maximum atomic E-state index is 6.45. The molecule has 1 aliphatic carbocycles. The van der Waals surface area contributed by atoms with Crippen molar-refractivity contribution in [3.63, 3.8) is 0 Å². The minimum Gasteiger partial charge on any atom is -0.379 e. The summed E-state index contributed by atoms with van der Waals surface area (Å²) in [6, 6.07) is 8.24. The fraction of sp³-hybridized carbons (Fsp3) is 0.556. The highest BCUT2D eigenvalue weighted by molar-refractivity contribution is 5.58. The Morgan fingerprint density at radius 3 is 2.67 bits per heavy atom. The van der Waals surface area contributed by atoms with E-state index in [1.807, 2.05) is 12.1 Å². The van der Waals surface area contributed by atoms with Crippen molar-refractivity contribution < 1.29 is 9.26 Å². The van der Waals surface area contributed by atoms with Gasteiger partial charge in [0.1, 0.15) is 0 Å². The molecule has 2 fully saturated rings. The van der Waals surface area contributed by atoms with Gasteiger partial charge in [-0.05, 0) is 24.5 Å². The summed E-state index contributed by atoms with van der Waals surface area (Å²) in [5.74, 6) is 1.22. The van der Waals surface area contributed by atoms with Crippen molar-refractivity contribution in [2.75, 3.05) is 26.3 Å². The number of nitrogens with zero attached hydrogens (tertiary/aromatic N) is 3. The van der Waals surface area contributed by atoms with E-state index in [1.54, 1.807) is 0 Å². The molecule has 0 spiro atoms. The van der Waals surface area contributed by atoms with E-state index in [0.717, 1.165) is 64.1 Å². The number of morpholine rings is 1. The molecule has 1 aliphatic heterocycles. The van der Waals surface area contributed by atoms with Crippen LogP contribution >= 0.6 is 0 Å². The average Bonchev–Trinajstić information content (AvgIpc) is 3.27. The molecule has 0 bridgehead atoms. The molecule has 2 heterocycles. The van der Waals surface area contributed by atoms with E-state index >= 15 is 0 Å². The molecule has 2 aromatic rings.